The van der Waals surface area contributed by atoms with Crippen molar-refractivity contribution in [3.8, 4) is 11.5 Å². The summed E-state index contributed by atoms with van der Waals surface area (Å²) in [4.78, 5) is 3.96. The molecule has 9 heteroatoms. The molecule has 1 fully saturated rings. The second kappa shape index (κ2) is 5.47. The fourth-order valence-electron chi connectivity index (χ4n) is 2.49. The number of piperidine rings is 1. The van der Waals surface area contributed by atoms with Crippen molar-refractivity contribution < 1.29 is 13.2 Å². The van der Waals surface area contributed by atoms with Gasteiger partial charge >= 0.3 is 6.18 Å². The van der Waals surface area contributed by atoms with Crippen molar-refractivity contribution in [3.63, 3.8) is 0 Å². The second-order valence-electron chi connectivity index (χ2n) is 5.06. The maximum Gasteiger partial charge on any atom is 0.406 e. The van der Waals surface area contributed by atoms with Crippen LogP contribution in [0.15, 0.2) is 18.6 Å². The summed E-state index contributed by atoms with van der Waals surface area (Å²) in [5.74, 6) is 0.188. The third kappa shape index (κ3) is 3.23. The zero-order valence-corrected chi connectivity index (χ0v) is 11.2. The molecule has 1 saturated heterocycles. The van der Waals surface area contributed by atoms with Crippen molar-refractivity contribution in [2.24, 2.45) is 0 Å². The van der Waals surface area contributed by atoms with Gasteiger partial charge in [-0.05, 0) is 25.9 Å². The molecule has 2 aromatic rings. The van der Waals surface area contributed by atoms with Crippen molar-refractivity contribution >= 4 is 0 Å². The Kier molecular flexibility index (Phi) is 3.66. The van der Waals surface area contributed by atoms with Crippen LogP contribution in [0.1, 0.15) is 18.9 Å². The second-order valence-corrected chi connectivity index (χ2v) is 5.06. The number of nitrogens with one attached hydrogen (secondary N) is 1. The molecule has 0 atom stereocenters. The summed E-state index contributed by atoms with van der Waals surface area (Å²) < 4.78 is 40.3. The van der Waals surface area contributed by atoms with E-state index in [0.717, 1.165) is 30.5 Å². The minimum atomic E-state index is -4.29. The third-order valence-corrected chi connectivity index (χ3v) is 3.49. The molecule has 0 amide bonds. The molecule has 0 radical (unpaired) electrons. The van der Waals surface area contributed by atoms with Crippen LogP contribution in [0, 0.1) is 0 Å². The predicted molar refractivity (Wildman–Crippen MR) is 68.4 cm³/mol. The van der Waals surface area contributed by atoms with Gasteiger partial charge in [-0.2, -0.15) is 13.2 Å². The first kappa shape index (κ1) is 14.1. The molecule has 1 aliphatic heterocycles. The highest BCUT2D eigenvalue weighted by Gasteiger charge is 2.29. The summed E-state index contributed by atoms with van der Waals surface area (Å²) in [5.41, 5.74) is 0.364. The fourth-order valence-corrected chi connectivity index (χ4v) is 2.49. The van der Waals surface area contributed by atoms with E-state index in [-0.39, 0.29) is 11.9 Å². The summed E-state index contributed by atoms with van der Waals surface area (Å²) in [6, 6.07) is 0.235. The minimum Gasteiger partial charge on any atom is -0.320 e. The van der Waals surface area contributed by atoms with E-state index >= 15 is 0 Å². The van der Waals surface area contributed by atoms with Gasteiger partial charge in [-0.25, -0.2) is 9.67 Å². The number of halogens is 3. The van der Waals surface area contributed by atoms with E-state index in [9.17, 15) is 13.2 Å². The van der Waals surface area contributed by atoms with Crippen LogP contribution >= 0.6 is 0 Å². The minimum absolute atomic E-state index is 0.188. The third-order valence-electron chi connectivity index (χ3n) is 3.49. The van der Waals surface area contributed by atoms with E-state index in [1.807, 2.05) is 0 Å². The topological polar surface area (TPSA) is 60.6 Å². The summed E-state index contributed by atoms with van der Waals surface area (Å²) in [5, 5.41) is 11.3. The Morgan fingerprint density at radius 3 is 2.76 bits per heavy atom. The predicted octanol–water partition coefficient (Wildman–Crippen LogP) is 1.63. The number of hydrogen-bond acceptors (Lipinski definition) is 4. The van der Waals surface area contributed by atoms with Gasteiger partial charge in [-0.15, -0.1) is 5.10 Å². The maximum absolute atomic E-state index is 12.5. The standard InChI is InChI=1S/C12H15F3N6/c13-12(14,15)8-20-6-5-17-11(20)10-7-21(19-18-10)9-1-3-16-4-2-9/h5-7,9,16H,1-4,8H2. The maximum atomic E-state index is 12.5. The molecule has 1 N–H and O–H groups in total. The molecular formula is C12H15F3N6. The first-order valence-corrected chi connectivity index (χ1v) is 6.74. The molecule has 0 unspecified atom stereocenters. The Morgan fingerprint density at radius 2 is 2.05 bits per heavy atom. The molecule has 2 aromatic heterocycles. The Labute approximate surface area is 119 Å². The summed E-state index contributed by atoms with van der Waals surface area (Å²) in [6.45, 7) is 0.730. The van der Waals surface area contributed by atoms with Crippen LogP contribution in [-0.2, 0) is 6.54 Å². The first-order chi connectivity index (χ1) is 10.0. The Morgan fingerprint density at radius 1 is 1.29 bits per heavy atom. The van der Waals surface area contributed by atoms with Crippen molar-refractivity contribution in [3.05, 3.63) is 18.6 Å². The molecule has 1 aliphatic rings. The molecular weight excluding hydrogens is 285 g/mol. The van der Waals surface area contributed by atoms with Gasteiger partial charge in [0, 0.05) is 12.4 Å². The molecule has 6 nitrogen and oxygen atoms in total. The smallest absolute Gasteiger partial charge is 0.320 e. The van der Waals surface area contributed by atoms with Crippen molar-refractivity contribution in [1.29, 1.82) is 0 Å². The summed E-state index contributed by atoms with van der Waals surface area (Å²) in [7, 11) is 0. The van der Waals surface area contributed by atoms with E-state index in [1.165, 1.54) is 12.4 Å². The van der Waals surface area contributed by atoms with Crippen LogP contribution in [-0.4, -0.2) is 43.8 Å². The Bertz CT molecular complexity index is 596. The Hall–Kier alpha value is -1.90. The van der Waals surface area contributed by atoms with Crippen molar-refractivity contribution in [2.45, 2.75) is 31.6 Å². The van der Waals surface area contributed by atoms with Gasteiger partial charge in [0.1, 0.15) is 12.2 Å². The van der Waals surface area contributed by atoms with E-state index in [2.05, 4.69) is 20.6 Å². The van der Waals surface area contributed by atoms with E-state index in [0.29, 0.717) is 5.69 Å². The molecule has 0 aromatic carbocycles. The van der Waals surface area contributed by atoms with Gasteiger partial charge in [0.05, 0.1) is 12.2 Å². The van der Waals surface area contributed by atoms with Gasteiger partial charge in [-0.1, -0.05) is 5.21 Å². The van der Waals surface area contributed by atoms with Gasteiger partial charge in [0.15, 0.2) is 5.82 Å². The van der Waals surface area contributed by atoms with Crippen LogP contribution in [0.2, 0.25) is 0 Å². The van der Waals surface area contributed by atoms with Crippen LogP contribution in [0.4, 0.5) is 13.2 Å². The van der Waals surface area contributed by atoms with Crippen molar-refractivity contribution in [1.82, 2.24) is 29.9 Å². The molecule has 0 aliphatic carbocycles. The monoisotopic (exact) mass is 300 g/mol. The zero-order chi connectivity index (χ0) is 14.9. The van der Waals surface area contributed by atoms with Crippen LogP contribution < -0.4 is 5.32 Å². The van der Waals surface area contributed by atoms with Crippen LogP contribution in [0.25, 0.3) is 11.5 Å². The molecule has 21 heavy (non-hydrogen) atoms. The number of rotatable bonds is 3. The number of alkyl halides is 3. The largest absolute Gasteiger partial charge is 0.406 e. The number of nitrogens with zero attached hydrogens (tertiary/aromatic N) is 5. The quantitative estimate of drug-likeness (QED) is 0.936. The first-order valence-electron chi connectivity index (χ1n) is 6.74. The highest BCUT2D eigenvalue weighted by Crippen LogP contribution is 2.23. The van der Waals surface area contributed by atoms with E-state index in [4.69, 9.17) is 0 Å². The molecule has 0 saturated carbocycles. The lowest BCUT2D eigenvalue weighted by molar-refractivity contribution is -0.140. The number of imidazole rings is 1. The van der Waals surface area contributed by atoms with E-state index < -0.39 is 12.7 Å². The molecule has 3 rings (SSSR count). The number of hydrogen-bond donors (Lipinski definition) is 1. The van der Waals surface area contributed by atoms with Crippen LogP contribution in [0.3, 0.4) is 0 Å². The fraction of sp³-hybridized carbons (Fsp3) is 0.583. The van der Waals surface area contributed by atoms with Crippen molar-refractivity contribution in [2.75, 3.05) is 13.1 Å². The normalized spacial score (nSPS) is 17.3. The SMILES string of the molecule is FC(F)(F)Cn1ccnc1-c1cn(C2CCNCC2)nn1. The van der Waals surface area contributed by atoms with Gasteiger partial charge in [0.2, 0.25) is 0 Å². The van der Waals surface area contributed by atoms with Crippen LogP contribution in [0.5, 0.6) is 0 Å². The molecule has 3 heterocycles. The average Bonchev–Trinajstić information content (AvgIpc) is 3.06. The van der Waals surface area contributed by atoms with Gasteiger partial charge in [0.25, 0.3) is 0 Å². The lowest BCUT2D eigenvalue weighted by Gasteiger charge is -2.22. The molecule has 114 valence electrons. The lowest BCUT2D eigenvalue weighted by Crippen LogP contribution is -2.29. The van der Waals surface area contributed by atoms with E-state index in [1.54, 1.807) is 10.9 Å². The highest BCUT2D eigenvalue weighted by atomic mass is 19.4. The molecule has 0 bridgehead atoms. The lowest BCUT2D eigenvalue weighted by atomic mass is 10.1. The summed E-state index contributed by atoms with van der Waals surface area (Å²) in [6.07, 6.45) is 1.88. The highest BCUT2D eigenvalue weighted by molar-refractivity contribution is 5.47. The van der Waals surface area contributed by atoms with Gasteiger partial charge in [-0.3, -0.25) is 0 Å². The number of aromatic nitrogens is 5. The Balaban J connectivity index is 1.81. The molecule has 0 spiro atoms. The summed E-state index contributed by atoms with van der Waals surface area (Å²) >= 11 is 0. The zero-order valence-electron chi connectivity index (χ0n) is 11.2. The van der Waals surface area contributed by atoms with Gasteiger partial charge < -0.3 is 9.88 Å². The average molecular weight is 300 g/mol.